The van der Waals surface area contributed by atoms with Crippen LogP contribution in [0.25, 0.3) is 11.1 Å². The van der Waals surface area contributed by atoms with Crippen molar-refractivity contribution in [3.63, 3.8) is 0 Å². The summed E-state index contributed by atoms with van der Waals surface area (Å²) in [6.07, 6.45) is 1.13. The number of aliphatic carboxylic acids is 2. The maximum atomic E-state index is 14.2. The molecule has 2 atom stereocenters. The number of benzene rings is 3. The number of hydrogen-bond donors (Lipinski definition) is 2. The normalized spacial score (nSPS) is 21.8. The summed E-state index contributed by atoms with van der Waals surface area (Å²) in [5.41, 5.74) is 0.868. The highest BCUT2D eigenvalue weighted by molar-refractivity contribution is 7.89. The quantitative estimate of drug-likeness (QED) is 0.353. The molecule has 0 bridgehead atoms. The SMILES string of the molecule is O=C(O)C1CCN(CCN(C2(C(=O)O)CC2c2ccccc2)S(=O)(=O)c2ccc(-c3ccc(Cl)cc3)cc2)CC1. The van der Waals surface area contributed by atoms with Crippen LogP contribution in [0.1, 0.15) is 30.7 Å². The van der Waals surface area contributed by atoms with E-state index in [0.29, 0.717) is 37.5 Å². The zero-order chi connectivity index (χ0) is 28.5. The van der Waals surface area contributed by atoms with Crippen molar-refractivity contribution in [3.05, 3.63) is 89.4 Å². The Balaban J connectivity index is 1.45. The first kappa shape index (κ1) is 28.3. The van der Waals surface area contributed by atoms with Gasteiger partial charge in [-0.2, -0.15) is 4.31 Å². The fraction of sp³-hybridized carbons (Fsp3) is 0.333. The van der Waals surface area contributed by atoms with Gasteiger partial charge in [0.2, 0.25) is 10.0 Å². The van der Waals surface area contributed by atoms with Gasteiger partial charge in [-0.1, -0.05) is 66.2 Å². The monoisotopic (exact) mass is 582 g/mol. The average Bonchev–Trinajstić information content (AvgIpc) is 3.71. The fourth-order valence-electron chi connectivity index (χ4n) is 5.71. The molecule has 3 aromatic rings. The molecule has 2 N–H and O–H groups in total. The van der Waals surface area contributed by atoms with Crippen LogP contribution < -0.4 is 0 Å². The molecule has 210 valence electrons. The van der Waals surface area contributed by atoms with Crippen LogP contribution >= 0.6 is 11.6 Å². The number of nitrogens with zero attached hydrogens (tertiary/aromatic N) is 2. The molecular weight excluding hydrogens is 552 g/mol. The molecule has 1 aliphatic carbocycles. The molecule has 0 amide bonds. The minimum atomic E-state index is -4.20. The third kappa shape index (κ3) is 5.51. The standard InChI is InChI=1S/C30H31ClN2O6S/c31-25-10-6-21(7-11-25)22-8-12-26(13-9-22)40(38,39)33(19-18-32-16-14-24(15-17-32)28(34)35)30(29(36)37)20-27(30)23-4-2-1-3-5-23/h1-13,24,27H,14-20H2,(H,34,35)(H,36,37). The molecule has 0 radical (unpaired) electrons. The van der Waals surface area contributed by atoms with E-state index in [0.717, 1.165) is 16.7 Å². The fourth-order valence-corrected chi connectivity index (χ4v) is 7.60. The lowest BCUT2D eigenvalue weighted by molar-refractivity contribution is -0.144. The second-order valence-electron chi connectivity index (χ2n) is 10.5. The van der Waals surface area contributed by atoms with Gasteiger partial charge in [-0.05, 0) is 73.3 Å². The molecule has 2 aliphatic rings. The second kappa shape index (κ2) is 11.3. The predicted octanol–water partition coefficient (Wildman–Crippen LogP) is 4.81. The summed E-state index contributed by atoms with van der Waals surface area (Å²) in [7, 11) is -4.20. The van der Waals surface area contributed by atoms with Crippen LogP contribution in [0.15, 0.2) is 83.8 Å². The lowest BCUT2D eigenvalue weighted by atomic mass is 9.97. The molecule has 10 heteroatoms. The van der Waals surface area contributed by atoms with E-state index in [2.05, 4.69) is 0 Å². The van der Waals surface area contributed by atoms with Gasteiger partial charge in [-0.3, -0.25) is 9.59 Å². The summed E-state index contributed by atoms with van der Waals surface area (Å²) in [6, 6.07) is 22.8. The molecule has 0 aromatic heterocycles. The Kier molecular flexibility index (Phi) is 8.01. The lowest BCUT2D eigenvalue weighted by Gasteiger charge is -2.34. The van der Waals surface area contributed by atoms with Crippen molar-refractivity contribution >= 4 is 33.6 Å². The Hall–Kier alpha value is -3.24. The molecule has 5 rings (SSSR count). The number of carboxylic acid groups (broad SMARTS) is 2. The topological polar surface area (TPSA) is 115 Å². The zero-order valence-corrected chi connectivity index (χ0v) is 23.4. The van der Waals surface area contributed by atoms with Crippen molar-refractivity contribution in [3.8, 4) is 11.1 Å². The third-order valence-electron chi connectivity index (χ3n) is 8.13. The first-order valence-electron chi connectivity index (χ1n) is 13.3. The van der Waals surface area contributed by atoms with Gasteiger partial charge in [-0.15, -0.1) is 0 Å². The Bertz CT molecular complexity index is 1470. The molecule has 1 saturated heterocycles. The van der Waals surface area contributed by atoms with Crippen LogP contribution in [-0.4, -0.2) is 71.5 Å². The van der Waals surface area contributed by atoms with Crippen molar-refractivity contribution < 1.29 is 28.2 Å². The van der Waals surface area contributed by atoms with Gasteiger partial charge in [0.05, 0.1) is 10.8 Å². The average molecular weight is 583 g/mol. The Morgan fingerprint density at radius 3 is 2.02 bits per heavy atom. The summed E-state index contributed by atoms with van der Waals surface area (Å²) >= 11 is 5.99. The third-order valence-corrected chi connectivity index (χ3v) is 10.3. The van der Waals surface area contributed by atoms with Crippen LogP contribution in [0.2, 0.25) is 5.02 Å². The molecule has 2 fully saturated rings. The number of likely N-dealkylation sites (tertiary alicyclic amines) is 1. The number of carbonyl (C=O) groups is 2. The maximum Gasteiger partial charge on any atom is 0.325 e. The van der Waals surface area contributed by atoms with E-state index in [4.69, 9.17) is 11.6 Å². The summed E-state index contributed by atoms with van der Waals surface area (Å²) in [5.74, 6) is -2.88. The van der Waals surface area contributed by atoms with Gasteiger partial charge in [0.25, 0.3) is 0 Å². The molecule has 0 spiro atoms. The number of sulfonamides is 1. The van der Waals surface area contributed by atoms with Crippen molar-refractivity contribution in [2.75, 3.05) is 26.2 Å². The predicted molar refractivity (Wildman–Crippen MR) is 152 cm³/mol. The van der Waals surface area contributed by atoms with Crippen molar-refractivity contribution in [1.29, 1.82) is 0 Å². The largest absolute Gasteiger partial charge is 0.481 e. The van der Waals surface area contributed by atoms with Crippen LogP contribution in [0, 0.1) is 5.92 Å². The first-order chi connectivity index (χ1) is 19.1. The first-order valence-corrected chi connectivity index (χ1v) is 15.1. The van der Waals surface area contributed by atoms with Crippen molar-refractivity contribution in [1.82, 2.24) is 9.21 Å². The van der Waals surface area contributed by atoms with Crippen LogP contribution in [0.4, 0.5) is 0 Å². The molecule has 2 unspecified atom stereocenters. The van der Waals surface area contributed by atoms with Crippen molar-refractivity contribution in [2.45, 2.75) is 35.6 Å². The molecule has 1 aliphatic heterocycles. The molecule has 8 nitrogen and oxygen atoms in total. The summed E-state index contributed by atoms with van der Waals surface area (Å²) in [6.45, 7) is 1.32. The number of rotatable bonds is 10. The molecule has 1 heterocycles. The van der Waals surface area contributed by atoms with E-state index in [-0.39, 0.29) is 17.9 Å². The minimum absolute atomic E-state index is 0.0192. The molecule has 3 aromatic carbocycles. The molecular formula is C30H31ClN2O6S. The van der Waals surface area contributed by atoms with Crippen LogP contribution in [0.5, 0.6) is 0 Å². The molecule has 1 saturated carbocycles. The minimum Gasteiger partial charge on any atom is -0.481 e. The van der Waals surface area contributed by atoms with E-state index in [1.165, 1.54) is 16.4 Å². The number of carboxylic acids is 2. The van der Waals surface area contributed by atoms with Crippen LogP contribution in [0.3, 0.4) is 0 Å². The molecule has 40 heavy (non-hydrogen) atoms. The van der Waals surface area contributed by atoms with Crippen LogP contribution in [-0.2, 0) is 19.6 Å². The van der Waals surface area contributed by atoms with Gasteiger partial charge >= 0.3 is 11.9 Å². The lowest BCUT2D eigenvalue weighted by Crippen LogP contribution is -2.51. The van der Waals surface area contributed by atoms with E-state index in [1.54, 1.807) is 24.3 Å². The Morgan fingerprint density at radius 1 is 0.900 bits per heavy atom. The maximum absolute atomic E-state index is 14.2. The highest BCUT2D eigenvalue weighted by Crippen LogP contribution is 2.57. The van der Waals surface area contributed by atoms with E-state index in [9.17, 15) is 28.2 Å². The van der Waals surface area contributed by atoms with E-state index in [1.807, 2.05) is 47.4 Å². The highest BCUT2D eigenvalue weighted by Gasteiger charge is 2.67. The number of piperidine rings is 1. The second-order valence-corrected chi connectivity index (χ2v) is 12.8. The van der Waals surface area contributed by atoms with Gasteiger partial charge in [-0.25, -0.2) is 8.42 Å². The highest BCUT2D eigenvalue weighted by atomic mass is 35.5. The smallest absolute Gasteiger partial charge is 0.325 e. The summed E-state index contributed by atoms with van der Waals surface area (Å²) in [5, 5.41) is 20.4. The summed E-state index contributed by atoms with van der Waals surface area (Å²) in [4.78, 5) is 26.2. The van der Waals surface area contributed by atoms with Gasteiger partial charge in [0, 0.05) is 24.0 Å². The number of halogens is 1. The summed E-state index contributed by atoms with van der Waals surface area (Å²) < 4.78 is 29.5. The van der Waals surface area contributed by atoms with E-state index < -0.39 is 39.3 Å². The Morgan fingerprint density at radius 2 is 1.48 bits per heavy atom. The van der Waals surface area contributed by atoms with Gasteiger partial charge < -0.3 is 15.1 Å². The number of hydrogen-bond acceptors (Lipinski definition) is 5. The van der Waals surface area contributed by atoms with Crippen molar-refractivity contribution in [2.24, 2.45) is 5.92 Å². The zero-order valence-electron chi connectivity index (χ0n) is 21.8. The Labute approximate surface area is 238 Å². The van der Waals surface area contributed by atoms with Gasteiger partial charge in [0.1, 0.15) is 5.54 Å². The van der Waals surface area contributed by atoms with E-state index >= 15 is 0 Å². The van der Waals surface area contributed by atoms with Gasteiger partial charge in [0.15, 0.2) is 0 Å².